The Balaban J connectivity index is 1.24. The zero-order chi connectivity index (χ0) is 22.5. The predicted octanol–water partition coefficient (Wildman–Crippen LogP) is 10.1. The summed E-state index contributed by atoms with van der Waals surface area (Å²) in [5.41, 5.74) is 4.77. The summed E-state index contributed by atoms with van der Waals surface area (Å²) in [6, 6.07) is 21.0. The van der Waals surface area contributed by atoms with Crippen molar-refractivity contribution < 1.29 is 9.47 Å². The van der Waals surface area contributed by atoms with Crippen LogP contribution in [0.3, 0.4) is 0 Å². The average molecular weight is 816 g/mol. The van der Waals surface area contributed by atoms with Crippen LogP contribution in [-0.4, -0.2) is 13.2 Å². The van der Waals surface area contributed by atoms with Gasteiger partial charge in [-0.3, -0.25) is 0 Å². The molecule has 32 heavy (non-hydrogen) atoms. The summed E-state index contributed by atoms with van der Waals surface area (Å²) in [6.45, 7) is 1.35. The molecule has 0 unspecified atom stereocenters. The first kappa shape index (κ1) is 25.0. The Morgan fingerprint density at radius 3 is 1.47 bits per heavy atom. The highest BCUT2D eigenvalue weighted by Crippen LogP contribution is 2.38. The van der Waals surface area contributed by atoms with E-state index in [9.17, 15) is 0 Å². The maximum atomic E-state index is 5.99. The molecule has 4 rings (SSSR count). The quantitative estimate of drug-likeness (QED) is 0.124. The van der Waals surface area contributed by atoms with Gasteiger partial charge in [0, 0.05) is 11.1 Å². The van der Waals surface area contributed by atoms with Gasteiger partial charge < -0.3 is 9.47 Å². The number of unbranched alkanes of at least 4 members (excludes halogenated alkanes) is 1. The van der Waals surface area contributed by atoms with Gasteiger partial charge in [0.15, 0.2) is 0 Å². The topological polar surface area (TPSA) is 18.5 Å². The Morgan fingerprint density at radius 2 is 1.09 bits per heavy atom. The van der Waals surface area contributed by atoms with E-state index in [0.717, 1.165) is 31.9 Å². The third-order valence-corrected chi connectivity index (χ3v) is 9.87. The molecule has 2 aromatic heterocycles. The molecule has 0 N–H and O–H groups in total. The van der Waals surface area contributed by atoms with Gasteiger partial charge in [-0.1, -0.05) is 24.3 Å². The second-order valence-electron chi connectivity index (χ2n) is 6.94. The van der Waals surface area contributed by atoms with Crippen LogP contribution in [0.25, 0.3) is 22.3 Å². The fourth-order valence-corrected chi connectivity index (χ4v) is 9.93. The minimum absolute atomic E-state index is 0.676. The summed E-state index contributed by atoms with van der Waals surface area (Å²) < 4.78 is 16.8. The van der Waals surface area contributed by atoms with Crippen molar-refractivity contribution in [1.82, 2.24) is 0 Å². The van der Waals surface area contributed by atoms with Crippen molar-refractivity contribution >= 4 is 99.7 Å². The molecule has 2 aromatic carbocycles. The van der Waals surface area contributed by atoms with E-state index in [1.165, 1.54) is 28.0 Å². The molecule has 0 atom stereocenters. The first-order valence-corrected chi connectivity index (χ1v) is 15.2. The zero-order valence-electron chi connectivity index (χ0n) is 16.7. The van der Waals surface area contributed by atoms with Crippen molar-refractivity contribution in [3.05, 3.63) is 74.0 Å². The summed E-state index contributed by atoms with van der Waals surface area (Å²) in [5, 5.41) is 0. The van der Waals surface area contributed by atoms with E-state index in [1.807, 2.05) is 24.3 Å². The van der Waals surface area contributed by atoms with E-state index >= 15 is 0 Å². The summed E-state index contributed by atoms with van der Waals surface area (Å²) in [5.74, 6) is 1.81. The fraction of sp³-hybridized carbons (Fsp3) is 0.167. The molecule has 4 aromatic rings. The van der Waals surface area contributed by atoms with Gasteiger partial charge in [0.05, 0.1) is 26.6 Å². The summed E-state index contributed by atoms with van der Waals surface area (Å²) in [7, 11) is 0. The maximum absolute atomic E-state index is 5.99. The van der Waals surface area contributed by atoms with Crippen LogP contribution in [0.2, 0.25) is 0 Å². The second-order valence-corrected chi connectivity index (χ2v) is 15.5. The molecule has 0 aliphatic heterocycles. The lowest BCUT2D eigenvalue weighted by Crippen LogP contribution is -2.02. The van der Waals surface area contributed by atoms with Crippen molar-refractivity contribution in [2.24, 2.45) is 0 Å². The molecule has 0 spiro atoms. The van der Waals surface area contributed by atoms with Gasteiger partial charge in [-0.25, -0.2) is 0 Å². The van der Waals surface area contributed by atoms with Gasteiger partial charge >= 0.3 is 0 Å². The number of rotatable bonds is 9. The minimum atomic E-state index is 0.676. The molecule has 0 aliphatic rings. The minimum Gasteiger partial charge on any atom is -0.494 e. The molecule has 0 bridgehead atoms. The van der Waals surface area contributed by atoms with Crippen LogP contribution in [0.4, 0.5) is 0 Å². The van der Waals surface area contributed by atoms with Crippen molar-refractivity contribution in [2.45, 2.75) is 12.8 Å². The lowest BCUT2D eigenvalue weighted by atomic mass is 10.1. The second kappa shape index (κ2) is 12.0. The molecule has 0 aliphatic carbocycles. The van der Waals surface area contributed by atoms with Crippen LogP contribution >= 0.6 is 99.7 Å². The van der Waals surface area contributed by atoms with Gasteiger partial charge in [-0.2, -0.15) is 0 Å². The summed E-state index contributed by atoms with van der Waals surface area (Å²) >= 11 is 15.5. The number of thiophene rings is 2. The van der Waals surface area contributed by atoms with Gasteiger partial charge in [-0.15, -0.1) is 22.7 Å². The Morgan fingerprint density at radius 1 is 0.656 bits per heavy atom. The summed E-state index contributed by atoms with van der Waals surface area (Å²) in [4.78, 5) is 0. The van der Waals surface area contributed by atoms with Crippen LogP contribution in [0.5, 0.6) is 11.5 Å². The highest BCUT2D eigenvalue weighted by molar-refractivity contribution is 14.1. The van der Waals surface area contributed by atoms with Crippen LogP contribution in [0.15, 0.2) is 68.2 Å². The summed E-state index contributed by atoms with van der Waals surface area (Å²) in [6.07, 6.45) is 1.89. The SMILES string of the molecule is Brc1sc(I)cc1-c1cccc(OCCCCOc2cccc(-c3cc(I)sc3Br)c2)c1. The smallest absolute Gasteiger partial charge is 0.119 e. The molecule has 8 heteroatoms. The van der Waals surface area contributed by atoms with Crippen LogP contribution < -0.4 is 9.47 Å². The van der Waals surface area contributed by atoms with Crippen molar-refractivity contribution in [1.29, 1.82) is 0 Å². The standard InChI is InChI=1S/C24H18Br2I2O2S2/c25-23-19(13-21(27)31-23)15-5-3-7-17(11-15)29-9-1-2-10-30-18-8-4-6-16(12-18)20-14-22(28)32-24(20)26/h3-8,11-14H,1-2,9-10H2. The van der Waals surface area contributed by atoms with Gasteiger partial charge in [0.1, 0.15) is 11.5 Å². The number of ether oxygens (including phenoxy) is 2. The van der Waals surface area contributed by atoms with Crippen LogP contribution in [-0.2, 0) is 0 Å². The number of hydrogen-bond donors (Lipinski definition) is 0. The molecule has 0 radical (unpaired) electrons. The van der Waals surface area contributed by atoms with E-state index in [1.54, 1.807) is 22.7 Å². The van der Waals surface area contributed by atoms with Crippen molar-refractivity contribution in [3.8, 4) is 33.8 Å². The van der Waals surface area contributed by atoms with Gasteiger partial charge in [0.25, 0.3) is 0 Å². The van der Waals surface area contributed by atoms with E-state index in [2.05, 4.69) is 113 Å². The molecule has 0 saturated carbocycles. The van der Waals surface area contributed by atoms with Crippen molar-refractivity contribution in [2.75, 3.05) is 13.2 Å². The first-order chi connectivity index (χ1) is 15.5. The molecule has 0 amide bonds. The van der Waals surface area contributed by atoms with Gasteiger partial charge in [0.2, 0.25) is 0 Å². The molecular formula is C24H18Br2I2O2S2. The molecule has 2 heterocycles. The van der Waals surface area contributed by atoms with E-state index in [4.69, 9.17) is 9.47 Å². The fourth-order valence-electron chi connectivity index (χ4n) is 3.17. The Hall–Kier alpha value is -0.140. The lowest BCUT2D eigenvalue weighted by molar-refractivity contribution is 0.266. The zero-order valence-corrected chi connectivity index (χ0v) is 25.9. The highest BCUT2D eigenvalue weighted by Gasteiger charge is 2.10. The maximum Gasteiger partial charge on any atom is 0.119 e. The Bertz CT molecular complexity index is 1110. The molecular weight excluding hydrogens is 798 g/mol. The van der Waals surface area contributed by atoms with E-state index in [-0.39, 0.29) is 0 Å². The third kappa shape index (κ3) is 6.71. The third-order valence-electron chi connectivity index (χ3n) is 4.68. The van der Waals surface area contributed by atoms with E-state index < -0.39 is 0 Å². The lowest BCUT2D eigenvalue weighted by Gasteiger charge is -2.10. The number of benzene rings is 2. The van der Waals surface area contributed by atoms with E-state index in [0.29, 0.717) is 13.2 Å². The Labute approximate surface area is 240 Å². The van der Waals surface area contributed by atoms with Crippen LogP contribution in [0.1, 0.15) is 12.8 Å². The monoisotopic (exact) mass is 814 g/mol. The van der Waals surface area contributed by atoms with Crippen LogP contribution in [0, 0.1) is 5.77 Å². The number of halogens is 4. The largest absolute Gasteiger partial charge is 0.494 e. The molecule has 0 fully saturated rings. The number of hydrogen-bond acceptors (Lipinski definition) is 4. The first-order valence-electron chi connectivity index (χ1n) is 9.86. The van der Waals surface area contributed by atoms with Crippen molar-refractivity contribution in [3.63, 3.8) is 0 Å². The molecule has 166 valence electrons. The highest BCUT2D eigenvalue weighted by atomic mass is 127. The molecule has 0 saturated heterocycles. The average Bonchev–Trinajstić information content (AvgIpc) is 3.30. The molecule has 2 nitrogen and oxygen atoms in total. The normalized spacial score (nSPS) is 11.0. The van der Waals surface area contributed by atoms with Gasteiger partial charge in [-0.05, 0) is 137 Å². The predicted molar refractivity (Wildman–Crippen MR) is 161 cm³/mol. The Kier molecular flexibility index (Phi) is 9.37.